The minimum absolute atomic E-state index is 0.0443. The van der Waals surface area contributed by atoms with Gasteiger partial charge in [0.15, 0.2) is 5.69 Å². The summed E-state index contributed by atoms with van der Waals surface area (Å²) in [6.45, 7) is 3.25. The quantitative estimate of drug-likeness (QED) is 0.924. The summed E-state index contributed by atoms with van der Waals surface area (Å²) >= 11 is 0.974. The summed E-state index contributed by atoms with van der Waals surface area (Å²) in [7, 11) is 0. The van der Waals surface area contributed by atoms with Gasteiger partial charge in [-0.15, -0.1) is 0 Å². The Morgan fingerprint density at radius 1 is 1.41 bits per heavy atom. The fourth-order valence-electron chi connectivity index (χ4n) is 2.44. The standard InChI is InChI=1S/C15H16N4O2S/c1-10-2-4-11(5-3-10)9-19-7-6-12(15(19)21)17-14(20)13-8-16-22-18-13/h2-5,8,12H,6-7,9H2,1H3,(H,17,20). The van der Waals surface area contributed by atoms with Crippen molar-refractivity contribution in [2.75, 3.05) is 6.54 Å². The van der Waals surface area contributed by atoms with Crippen molar-refractivity contribution >= 4 is 23.5 Å². The summed E-state index contributed by atoms with van der Waals surface area (Å²) in [5, 5.41) is 2.73. The van der Waals surface area contributed by atoms with Crippen molar-refractivity contribution in [2.24, 2.45) is 0 Å². The number of aryl methyl sites for hydroxylation is 1. The third-order valence-electron chi connectivity index (χ3n) is 3.69. The highest BCUT2D eigenvalue weighted by atomic mass is 32.1. The maximum absolute atomic E-state index is 12.4. The van der Waals surface area contributed by atoms with Crippen LogP contribution in [-0.2, 0) is 11.3 Å². The molecule has 1 aliphatic heterocycles. The zero-order valence-electron chi connectivity index (χ0n) is 12.2. The van der Waals surface area contributed by atoms with Gasteiger partial charge in [-0.3, -0.25) is 9.59 Å². The van der Waals surface area contributed by atoms with Gasteiger partial charge in [0.25, 0.3) is 5.91 Å². The van der Waals surface area contributed by atoms with Crippen LogP contribution < -0.4 is 5.32 Å². The highest BCUT2D eigenvalue weighted by Gasteiger charge is 2.33. The van der Waals surface area contributed by atoms with E-state index in [1.54, 1.807) is 4.90 Å². The molecule has 1 saturated heterocycles. The van der Waals surface area contributed by atoms with Crippen LogP contribution in [0.2, 0.25) is 0 Å². The number of hydrogen-bond donors (Lipinski definition) is 1. The highest BCUT2D eigenvalue weighted by molar-refractivity contribution is 6.99. The average molecular weight is 316 g/mol. The number of rotatable bonds is 4. The monoisotopic (exact) mass is 316 g/mol. The van der Waals surface area contributed by atoms with E-state index in [4.69, 9.17) is 0 Å². The Kier molecular flexibility index (Phi) is 4.15. The molecule has 2 aromatic rings. The molecular weight excluding hydrogens is 300 g/mol. The lowest BCUT2D eigenvalue weighted by atomic mass is 10.1. The van der Waals surface area contributed by atoms with Crippen molar-refractivity contribution < 1.29 is 9.59 Å². The van der Waals surface area contributed by atoms with Crippen molar-refractivity contribution in [3.63, 3.8) is 0 Å². The van der Waals surface area contributed by atoms with Crippen LogP contribution in [0.4, 0.5) is 0 Å². The Morgan fingerprint density at radius 3 is 2.86 bits per heavy atom. The zero-order chi connectivity index (χ0) is 15.5. The van der Waals surface area contributed by atoms with Crippen molar-refractivity contribution in [3.8, 4) is 0 Å². The van der Waals surface area contributed by atoms with E-state index in [1.165, 1.54) is 11.8 Å². The van der Waals surface area contributed by atoms with Crippen LogP contribution in [0.15, 0.2) is 30.5 Å². The summed E-state index contributed by atoms with van der Waals surface area (Å²) in [5.74, 6) is -0.388. The number of nitrogens with one attached hydrogen (secondary N) is 1. The van der Waals surface area contributed by atoms with E-state index in [1.807, 2.05) is 31.2 Å². The number of carbonyl (C=O) groups excluding carboxylic acids is 2. The summed E-state index contributed by atoms with van der Waals surface area (Å²) in [4.78, 5) is 26.1. The SMILES string of the molecule is Cc1ccc(CN2CCC(NC(=O)c3cnsn3)C2=O)cc1. The van der Waals surface area contributed by atoms with Gasteiger partial charge in [0.05, 0.1) is 17.9 Å². The molecule has 1 aliphatic rings. The number of benzene rings is 1. The summed E-state index contributed by atoms with van der Waals surface area (Å²) in [6.07, 6.45) is 2.03. The smallest absolute Gasteiger partial charge is 0.273 e. The van der Waals surface area contributed by atoms with Crippen LogP contribution in [0.5, 0.6) is 0 Å². The molecule has 1 unspecified atom stereocenters. The summed E-state index contributed by atoms with van der Waals surface area (Å²) < 4.78 is 7.66. The van der Waals surface area contributed by atoms with Crippen LogP contribution in [0.25, 0.3) is 0 Å². The number of aromatic nitrogens is 2. The maximum Gasteiger partial charge on any atom is 0.273 e. The molecule has 0 radical (unpaired) electrons. The van der Waals surface area contributed by atoms with Crippen LogP contribution >= 0.6 is 11.7 Å². The molecule has 1 atom stereocenters. The minimum atomic E-state index is -0.473. The number of amides is 2. The van der Waals surface area contributed by atoms with E-state index in [0.29, 0.717) is 19.5 Å². The minimum Gasteiger partial charge on any atom is -0.339 e. The average Bonchev–Trinajstić information content (AvgIpc) is 3.15. The zero-order valence-corrected chi connectivity index (χ0v) is 13.0. The lowest BCUT2D eigenvalue weighted by Crippen LogP contribution is -2.41. The Labute approximate surface area is 132 Å². The van der Waals surface area contributed by atoms with Crippen LogP contribution in [0.3, 0.4) is 0 Å². The van der Waals surface area contributed by atoms with Crippen molar-refractivity contribution in [1.29, 1.82) is 0 Å². The van der Waals surface area contributed by atoms with Crippen molar-refractivity contribution in [1.82, 2.24) is 19.0 Å². The first kappa shape index (κ1) is 14.6. The Morgan fingerprint density at radius 2 is 2.18 bits per heavy atom. The fraction of sp³-hybridized carbons (Fsp3) is 0.333. The molecule has 6 nitrogen and oxygen atoms in total. The van der Waals surface area contributed by atoms with E-state index in [0.717, 1.165) is 17.3 Å². The molecule has 22 heavy (non-hydrogen) atoms. The topological polar surface area (TPSA) is 75.2 Å². The first-order chi connectivity index (χ1) is 10.6. The molecule has 1 N–H and O–H groups in total. The van der Waals surface area contributed by atoms with Crippen LogP contribution in [0.1, 0.15) is 28.0 Å². The number of hydrogen-bond acceptors (Lipinski definition) is 5. The van der Waals surface area contributed by atoms with Gasteiger partial charge >= 0.3 is 0 Å². The predicted octanol–water partition coefficient (Wildman–Crippen LogP) is 1.38. The second-order valence-electron chi connectivity index (χ2n) is 5.35. The van der Waals surface area contributed by atoms with Gasteiger partial charge in [-0.2, -0.15) is 8.75 Å². The normalized spacial score (nSPS) is 17.8. The molecular formula is C15H16N4O2S. The van der Waals surface area contributed by atoms with E-state index in [9.17, 15) is 9.59 Å². The molecule has 0 aliphatic carbocycles. The number of likely N-dealkylation sites (tertiary alicyclic amines) is 1. The largest absolute Gasteiger partial charge is 0.339 e. The third-order valence-corrected chi connectivity index (χ3v) is 4.17. The Balaban J connectivity index is 1.60. The molecule has 3 rings (SSSR count). The van der Waals surface area contributed by atoms with E-state index < -0.39 is 6.04 Å². The molecule has 7 heteroatoms. The van der Waals surface area contributed by atoms with Gasteiger partial charge < -0.3 is 10.2 Å². The van der Waals surface area contributed by atoms with Gasteiger partial charge in [0.2, 0.25) is 5.91 Å². The number of nitrogens with zero attached hydrogens (tertiary/aromatic N) is 3. The molecule has 2 heterocycles. The third kappa shape index (κ3) is 3.14. The summed E-state index contributed by atoms with van der Waals surface area (Å²) in [5.41, 5.74) is 2.54. The lowest BCUT2D eigenvalue weighted by Gasteiger charge is -2.17. The molecule has 114 valence electrons. The van der Waals surface area contributed by atoms with Crippen LogP contribution in [-0.4, -0.2) is 38.0 Å². The van der Waals surface area contributed by atoms with Crippen LogP contribution in [0, 0.1) is 6.92 Å². The van der Waals surface area contributed by atoms with Gasteiger partial charge in [-0.25, -0.2) is 0 Å². The van der Waals surface area contributed by atoms with E-state index >= 15 is 0 Å². The molecule has 1 fully saturated rings. The fourth-order valence-corrected chi connectivity index (χ4v) is 2.85. The second kappa shape index (κ2) is 6.23. The number of carbonyl (C=O) groups is 2. The molecule has 0 bridgehead atoms. The highest BCUT2D eigenvalue weighted by Crippen LogP contribution is 2.16. The van der Waals surface area contributed by atoms with E-state index in [2.05, 4.69) is 14.1 Å². The van der Waals surface area contributed by atoms with E-state index in [-0.39, 0.29) is 17.5 Å². The van der Waals surface area contributed by atoms with Crippen molar-refractivity contribution in [2.45, 2.75) is 25.9 Å². The summed E-state index contributed by atoms with van der Waals surface area (Å²) in [6, 6.07) is 7.64. The van der Waals surface area contributed by atoms with Gasteiger partial charge in [0.1, 0.15) is 6.04 Å². The van der Waals surface area contributed by atoms with Gasteiger partial charge in [-0.1, -0.05) is 29.8 Å². The molecule has 2 amide bonds. The first-order valence-electron chi connectivity index (χ1n) is 7.06. The predicted molar refractivity (Wildman–Crippen MR) is 82.4 cm³/mol. The molecule has 1 aromatic heterocycles. The molecule has 1 aromatic carbocycles. The Hall–Kier alpha value is -2.28. The van der Waals surface area contributed by atoms with Gasteiger partial charge in [-0.05, 0) is 18.9 Å². The molecule has 0 saturated carbocycles. The first-order valence-corrected chi connectivity index (χ1v) is 7.79. The van der Waals surface area contributed by atoms with Gasteiger partial charge in [0, 0.05) is 13.1 Å². The molecule has 0 spiro atoms. The Bertz CT molecular complexity index is 669. The second-order valence-corrected chi connectivity index (χ2v) is 5.91. The maximum atomic E-state index is 12.4. The lowest BCUT2D eigenvalue weighted by molar-refractivity contribution is -0.129. The van der Waals surface area contributed by atoms with Crippen molar-refractivity contribution in [3.05, 3.63) is 47.3 Å².